The molecule has 100 valence electrons. The molecule has 3 N–H and O–H groups in total. The zero-order valence-corrected chi connectivity index (χ0v) is 11.2. The zero-order chi connectivity index (χ0) is 13.4. The fourth-order valence-electron chi connectivity index (χ4n) is 2.05. The molecule has 0 amide bonds. The summed E-state index contributed by atoms with van der Waals surface area (Å²) in [5.41, 5.74) is 5.76. The van der Waals surface area contributed by atoms with E-state index < -0.39 is 0 Å². The molecule has 0 unspecified atom stereocenters. The lowest BCUT2D eigenvalue weighted by Crippen LogP contribution is -2.30. The molecule has 2 rings (SSSR count). The minimum atomic E-state index is 0.308. The number of pyridine rings is 1. The molecule has 4 heteroatoms. The molecular formula is C14H23N3O. The summed E-state index contributed by atoms with van der Waals surface area (Å²) in [5.74, 6) is 1.89. The van der Waals surface area contributed by atoms with Gasteiger partial charge in [-0.25, -0.2) is 4.98 Å². The van der Waals surface area contributed by atoms with Gasteiger partial charge in [0, 0.05) is 18.7 Å². The van der Waals surface area contributed by atoms with Crippen molar-refractivity contribution in [3.05, 3.63) is 23.9 Å². The number of anilines is 1. The molecule has 0 bridgehead atoms. The molecule has 1 heterocycles. The van der Waals surface area contributed by atoms with Crippen LogP contribution in [-0.2, 0) is 11.2 Å². The second-order valence-electron chi connectivity index (χ2n) is 4.52. The van der Waals surface area contributed by atoms with E-state index in [1.807, 2.05) is 12.3 Å². The number of nitrogens with zero attached hydrogens (tertiary/aromatic N) is 1. The number of rotatable bonds is 5. The monoisotopic (exact) mass is 249 g/mol. The van der Waals surface area contributed by atoms with E-state index in [2.05, 4.69) is 29.0 Å². The van der Waals surface area contributed by atoms with Crippen molar-refractivity contribution < 1.29 is 4.79 Å². The number of carbonyl (C=O) groups is 1. The van der Waals surface area contributed by atoms with Gasteiger partial charge in [-0.15, -0.1) is 0 Å². The Hall–Kier alpha value is -1.42. The summed E-state index contributed by atoms with van der Waals surface area (Å²) in [7, 11) is 1.50. The van der Waals surface area contributed by atoms with E-state index in [4.69, 9.17) is 0 Å². The maximum atomic E-state index is 10.4. The maximum Gasteiger partial charge on any atom is 0.125 e. The molecular weight excluding hydrogens is 226 g/mol. The molecule has 1 aliphatic carbocycles. The van der Waals surface area contributed by atoms with Crippen LogP contribution < -0.4 is 11.1 Å². The number of aldehydes is 1. The van der Waals surface area contributed by atoms with Crippen LogP contribution >= 0.6 is 0 Å². The summed E-state index contributed by atoms with van der Waals surface area (Å²) >= 11 is 0. The maximum absolute atomic E-state index is 10.4. The lowest BCUT2D eigenvalue weighted by atomic mass is 9.76. The van der Waals surface area contributed by atoms with E-state index in [1.165, 1.54) is 12.6 Å². The molecule has 0 saturated heterocycles. The Labute approximate surface area is 109 Å². The third-order valence-electron chi connectivity index (χ3n) is 3.27. The first-order valence-electron chi connectivity index (χ1n) is 6.53. The molecule has 0 aromatic carbocycles. The van der Waals surface area contributed by atoms with E-state index in [1.54, 1.807) is 0 Å². The van der Waals surface area contributed by atoms with E-state index in [0.717, 1.165) is 37.9 Å². The first kappa shape index (κ1) is 14.6. The van der Waals surface area contributed by atoms with Crippen LogP contribution in [0, 0.1) is 11.8 Å². The second-order valence-corrected chi connectivity index (χ2v) is 4.52. The summed E-state index contributed by atoms with van der Waals surface area (Å²) in [4.78, 5) is 14.8. The highest BCUT2D eigenvalue weighted by atomic mass is 16.1. The van der Waals surface area contributed by atoms with Gasteiger partial charge in [0.15, 0.2) is 0 Å². The normalized spacial score (nSPS) is 21.3. The standard InChI is InChI=1S/C13H18N2O.CH5N/c1-2-10-3-4-13(14-7-10)15-8-11-5-12(6-11)9-16;1-2/h3-4,7,9,11-12H,2,5-6,8H2,1H3,(H,14,15);2H2,1H3. The van der Waals surface area contributed by atoms with Crippen molar-refractivity contribution in [2.45, 2.75) is 26.2 Å². The molecule has 0 aliphatic heterocycles. The molecule has 4 nitrogen and oxygen atoms in total. The number of aromatic nitrogens is 1. The lowest BCUT2D eigenvalue weighted by molar-refractivity contribution is -0.114. The predicted octanol–water partition coefficient (Wildman–Crippen LogP) is 1.86. The molecule has 0 spiro atoms. The van der Waals surface area contributed by atoms with Crippen LogP contribution in [0.1, 0.15) is 25.3 Å². The van der Waals surface area contributed by atoms with E-state index in [0.29, 0.717) is 11.8 Å². The van der Waals surface area contributed by atoms with Crippen LogP contribution in [0.2, 0.25) is 0 Å². The van der Waals surface area contributed by atoms with E-state index >= 15 is 0 Å². The number of aryl methyl sites for hydroxylation is 1. The van der Waals surface area contributed by atoms with Crippen LogP contribution in [0.5, 0.6) is 0 Å². The Bertz CT molecular complexity index is 345. The van der Waals surface area contributed by atoms with Crippen LogP contribution in [0.4, 0.5) is 5.82 Å². The van der Waals surface area contributed by atoms with Crippen LogP contribution in [0.15, 0.2) is 18.3 Å². The van der Waals surface area contributed by atoms with Crippen LogP contribution in [0.3, 0.4) is 0 Å². The SMILES string of the molecule is CCc1ccc(NCC2CC(C=O)C2)nc1.CN. The van der Waals surface area contributed by atoms with Crippen molar-refractivity contribution in [1.82, 2.24) is 4.98 Å². The van der Waals surface area contributed by atoms with Gasteiger partial charge in [-0.2, -0.15) is 0 Å². The number of hydrogen-bond donors (Lipinski definition) is 2. The second kappa shape index (κ2) is 7.82. The third kappa shape index (κ3) is 4.11. The lowest BCUT2D eigenvalue weighted by Gasteiger charge is -2.31. The van der Waals surface area contributed by atoms with Gasteiger partial charge in [0.05, 0.1) is 0 Å². The van der Waals surface area contributed by atoms with Gasteiger partial charge in [0.2, 0.25) is 0 Å². The Morgan fingerprint density at radius 1 is 1.44 bits per heavy atom. The van der Waals surface area contributed by atoms with Gasteiger partial charge in [0.1, 0.15) is 12.1 Å². The number of carbonyl (C=O) groups excluding carboxylic acids is 1. The predicted molar refractivity (Wildman–Crippen MR) is 74.5 cm³/mol. The highest BCUT2D eigenvalue weighted by Crippen LogP contribution is 2.31. The molecule has 1 aromatic heterocycles. The van der Waals surface area contributed by atoms with Gasteiger partial charge in [-0.05, 0) is 43.9 Å². The van der Waals surface area contributed by atoms with Gasteiger partial charge in [-0.1, -0.05) is 13.0 Å². The molecule has 1 saturated carbocycles. The average Bonchev–Trinajstić information content (AvgIpc) is 2.40. The average molecular weight is 249 g/mol. The highest BCUT2D eigenvalue weighted by Gasteiger charge is 2.28. The van der Waals surface area contributed by atoms with Gasteiger partial charge >= 0.3 is 0 Å². The molecule has 1 fully saturated rings. The smallest absolute Gasteiger partial charge is 0.125 e. The molecule has 1 aromatic rings. The summed E-state index contributed by atoms with van der Waals surface area (Å²) in [6.45, 7) is 3.06. The van der Waals surface area contributed by atoms with Crippen molar-refractivity contribution >= 4 is 12.1 Å². The summed E-state index contributed by atoms with van der Waals surface area (Å²) in [6, 6.07) is 4.12. The fourth-order valence-corrected chi connectivity index (χ4v) is 2.05. The Kier molecular flexibility index (Phi) is 6.36. The van der Waals surface area contributed by atoms with Crippen LogP contribution in [0.25, 0.3) is 0 Å². The van der Waals surface area contributed by atoms with Crippen molar-refractivity contribution in [1.29, 1.82) is 0 Å². The minimum Gasteiger partial charge on any atom is -0.370 e. The van der Waals surface area contributed by atoms with E-state index in [-0.39, 0.29) is 0 Å². The Balaban J connectivity index is 0.000000771. The minimum absolute atomic E-state index is 0.308. The Morgan fingerprint density at radius 3 is 2.67 bits per heavy atom. The first-order chi connectivity index (χ1) is 8.81. The van der Waals surface area contributed by atoms with Crippen molar-refractivity contribution in [3.8, 4) is 0 Å². The zero-order valence-electron chi connectivity index (χ0n) is 11.2. The number of nitrogens with one attached hydrogen (secondary N) is 1. The first-order valence-corrected chi connectivity index (χ1v) is 6.53. The largest absolute Gasteiger partial charge is 0.370 e. The summed E-state index contributed by atoms with van der Waals surface area (Å²) < 4.78 is 0. The third-order valence-corrected chi connectivity index (χ3v) is 3.27. The molecule has 18 heavy (non-hydrogen) atoms. The van der Waals surface area contributed by atoms with Gasteiger partial charge < -0.3 is 15.8 Å². The quantitative estimate of drug-likeness (QED) is 0.782. The fraction of sp³-hybridized carbons (Fsp3) is 0.571. The van der Waals surface area contributed by atoms with Gasteiger partial charge in [0.25, 0.3) is 0 Å². The van der Waals surface area contributed by atoms with Crippen LogP contribution in [-0.4, -0.2) is 24.9 Å². The molecule has 0 atom stereocenters. The topological polar surface area (TPSA) is 68.0 Å². The Morgan fingerprint density at radius 2 is 2.17 bits per heavy atom. The highest BCUT2D eigenvalue weighted by molar-refractivity contribution is 5.55. The summed E-state index contributed by atoms with van der Waals surface area (Å²) in [5, 5.41) is 3.32. The van der Waals surface area contributed by atoms with Crippen molar-refractivity contribution in [3.63, 3.8) is 0 Å². The van der Waals surface area contributed by atoms with Gasteiger partial charge in [-0.3, -0.25) is 0 Å². The van der Waals surface area contributed by atoms with Crippen molar-refractivity contribution in [2.24, 2.45) is 17.6 Å². The number of hydrogen-bond acceptors (Lipinski definition) is 4. The van der Waals surface area contributed by atoms with E-state index in [9.17, 15) is 4.79 Å². The van der Waals surface area contributed by atoms with Crippen molar-refractivity contribution in [2.75, 3.05) is 18.9 Å². The number of nitrogens with two attached hydrogens (primary N) is 1. The molecule has 1 aliphatic rings. The summed E-state index contributed by atoms with van der Waals surface area (Å²) in [6.07, 6.45) is 6.08. The molecule has 0 radical (unpaired) electrons.